The van der Waals surface area contributed by atoms with Gasteiger partial charge in [-0.25, -0.2) is 34.9 Å². The van der Waals surface area contributed by atoms with E-state index in [9.17, 15) is 30.4 Å². The Morgan fingerprint density at radius 1 is 1.09 bits per heavy atom. The van der Waals surface area contributed by atoms with E-state index in [1.165, 1.54) is 26.2 Å². The van der Waals surface area contributed by atoms with E-state index in [0.29, 0.717) is 21.4 Å². The molecule has 0 radical (unpaired) electrons. The van der Waals surface area contributed by atoms with Crippen LogP contribution < -0.4 is 5.32 Å². The Kier molecular flexibility index (Phi) is 6.94. The first kappa shape index (κ1) is 25.6. The summed E-state index contributed by atoms with van der Waals surface area (Å²) in [6.07, 6.45) is 0.385. The maximum atomic E-state index is 14.0. The number of benzene rings is 2. The fraction of sp³-hybridized carbons (Fsp3) is 0.333. The van der Waals surface area contributed by atoms with Gasteiger partial charge in [-0.05, 0) is 49.2 Å². The number of piperidine rings is 1. The Bertz CT molecular complexity index is 1500. The molecule has 1 amide bonds. The average Bonchev–Trinajstić information content (AvgIpc) is 3.22. The molecule has 0 atom stereocenters. The number of anilines is 1. The third-order valence-corrected chi connectivity index (χ3v) is 10.4. The fourth-order valence-electron chi connectivity index (χ4n) is 3.71. The van der Waals surface area contributed by atoms with Gasteiger partial charge in [0.1, 0.15) is 16.5 Å². The zero-order valence-corrected chi connectivity index (χ0v) is 21.2. The molecule has 4 rings (SSSR count). The molecule has 1 N–H and O–H groups in total. The molecule has 1 aromatic heterocycles. The highest BCUT2D eigenvalue weighted by Crippen LogP contribution is 2.31. The van der Waals surface area contributed by atoms with Crippen molar-refractivity contribution in [3.63, 3.8) is 0 Å². The molecular weight excluding hydrogens is 522 g/mol. The van der Waals surface area contributed by atoms with E-state index in [-0.39, 0.29) is 36.7 Å². The molecule has 0 saturated carbocycles. The molecule has 2 aromatic carbocycles. The molecule has 0 unspecified atom stereocenters. The monoisotopic (exact) mass is 544 g/mol. The summed E-state index contributed by atoms with van der Waals surface area (Å²) in [7, 11) is -4.99. The number of thiazole rings is 1. The molecule has 1 aliphatic heterocycles. The van der Waals surface area contributed by atoms with Crippen molar-refractivity contribution in [2.24, 2.45) is 5.92 Å². The van der Waals surface area contributed by atoms with Crippen molar-refractivity contribution in [2.75, 3.05) is 32.5 Å². The molecule has 1 aliphatic rings. The zero-order chi connectivity index (χ0) is 25.5. The molecule has 0 spiro atoms. The molecular formula is C21H22F2N4O5S3. The standard InChI is InChI=1S/C21H22F2N4O5S3/c1-26(2)34(29,30)15-4-6-17-18(12-15)33-21(24-17)25-20(28)13-7-9-27(10-8-13)35(31,32)19-11-14(22)3-5-16(19)23/h3-6,11-13H,7-10H2,1-2H3,(H,24,25,28). The highest BCUT2D eigenvalue weighted by molar-refractivity contribution is 7.89. The molecule has 9 nitrogen and oxygen atoms in total. The lowest BCUT2D eigenvalue weighted by atomic mass is 9.97. The van der Waals surface area contributed by atoms with Gasteiger partial charge in [0.05, 0.1) is 15.1 Å². The van der Waals surface area contributed by atoms with Crippen molar-refractivity contribution >= 4 is 52.6 Å². The number of carbonyl (C=O) groups excluding carboxylic acids is 1. The van der Waals surface area contributed by atoms with Crippen LogP contribution in [0.15, 0.2) is 46.2 Å². The minimum Gasteiger partial charge on any atom is -0.302 e. The first-order valence-electron chi connectivity index (χ1n) is 10.5. The lowest BCUT2D eigenvalue weighted by molar-refractivity contribution is -0.120. The Hall–Kier alpha value is -2.52. The van der Waals surface area contributed by atoms with Crippen LogP contribution >= 0.6 is 11.3 Å². The van der Waals surface area contributed by atoms with Crippen LogP contribution in [0.2, 0.25) is 0 Å². The third kappa shape index (κ3) is 5.07. The molecule has 188 valence electrons. The number of nitrogens with zero attached hydrogens (tertiary/aromatic N) is 3. The number of fused-ring (bicyclic) bond motifs is 1. The van der Waals surface area contributed by atoms with Crippen LogP contribution in [-0.2, 0) is 24.8 Å². The molecule has 0 bridgehead atoms. The highest BCUT2D eigenvalue weighted by atomic mass is 32.2. The summed E-state index contributed by atoms with van der Waals surface area (Å²) >= 11 is 1.13. The van der Waals surface area contributed by atoms with Gasteiger partial charge in [0, 0.05) is 33.1 Å². The topological polar surface area (TPSA) is 117 Å². The molecule has 35 heavy (non-hydrogen) atoms. The largest absolute Gasteiger partial charge is 0.302 e. The van der Waals surface area contributed by atoms with E-state index in [0.717, 1.165) is 32.1 Å². The van der Waals surface area contributed by atoms with Gasteiger partial charge >= 0.3 is 0 Å². The van der Waals surface area contributed by atoms with E-state index in [2.05, 4.69) is 10.3 Å². The lowest BCUT2D eigenvalue weighted by Gasteiger charge is -2.30. The zero-order valence-electron chi connectivity index (χ0n) is 18.7. The van der Waals surface area contributed by atoms with Crippen LogP contribution in [0.3, 0.4) is 0 Å². The van der Waals surface area contributed by atoms with Gasteiger partial charge in [-0.3, -0.25) is 4.79 Å². The molecule has 1 saturated heterocycles. The van der Waals surface area contributed by atoms with Crippen LogP contribution in [0.5, 0.6) is 0 Å². The van der Waals surface area contributed by atoms with E-state index in [1.54, 1.807) is 6.07 Å². The SMILES string of the molecule is CN(C)S(=O)(=O)c1ccc2nc(NC(=O)C3CCN(S(=O)(=O)c4cc(F)ccc4F)CC3)sc2c1. The minimum atomic E-state index is -4.24. The summed E-state index contributed by atoms with van der Waals surface area (Å²) < 4.78 is 80.4. The van der Waals surface area contributed by atoms with Crippen molar-refractivity contribution in [1.29, 1.82) is 0 Å². The summed E-state index contributed by atoms with van der Waals surface area (Å²) in [5.74, 6) is -2.75. The van der Waals surface area contributed by atoms with Gasteiger partial charge in [-0.15, -0.1) is 0 Å². The maximum absolute atomic E-state index is 14.0. The summed E-state index contributed by atoms with van der Waals surface area (Å²) in [6, 6.07) is 6.75. The predicted molar refractivity (Wildman–Crippen MR) is 127 cm³/mol. The van der Waals surface area contributed by atoms with E-state index >= 15 is 0 Å². The van der Waals surface area contributed by atoms with E-state index in [1.807, 2.05) is 0 Å². The third-order valence-electron chi connectivity index (χ3n) is 5.70. The summed E-state index contributed by atoms with van der Waals surface area (Å²) in [4.78, 5) is 16.5. The number of hydrogen-bond acceptors (Lipinski definition) is 7. The first-order chi connectivity index (χ1) is 16.4. The number of aromatic nitrogens is 1. The molecule has 0 aliphatic carbocycles. The number of carbonyl (C=O) groups is 1. The van der Waals surface area contributed by atoms with Crippen molar-refractivity contribution < 1.29 is 30.4 Å². The van der Waals surface area contributed by atoms with Crippen LogP contribution in [0.4, 0.5) is 13.9 Å². The number of nitrogens with one attached hydrogen (secondary N) is 1. The number of amides is 1. The van der Waals surface area contributed by atoms with E-state index < -0.39 is 42.5 Å². The number of sulfonamides is 2. The summed E-state index contributed by atoms with van der Waals surface area (Å²) in [5.41, 5.74) is 0.529. The van der Waals surface area contributed by atoms with Crippen LogP contribution in [0, 0.1) is 17.6 Å². The highest BCUT2D eigenvalue weighted by Gasteiger charge is 2.34. The quantitative estimate of drug-likeness (QED) is 0.510. The maximum Gasteiger partial charge on any atom is 0.246 e. The van der Waals surface area contributed by atoms with E-state index in [4.69, 9.17) is 0 Å². The number of rotatable bonds is 6. The average molecular weight is 545 g/mol. The van der Waals surface area contributed by atoms with Gasteiger partial charge in [0.2, 0.25) is 26.0 Å². The number of halogens is 2. The lowest BCUT2D eigenvalue weighted by Crippen LogP contribution is -2.41. The van der Waals surface area contributed by atoms with Crippen molar-refractivity contribution in [2.45, 2.75) is 22.6 Å². The summed E-state index contributed by atoms with van der Waals surface area (Å²) in [6.45, 7) is -0.0516. The second kappa shape index (κ2) is 9.50. The molecule has 14 heteroatoms. The summed E-state index contributed by atoms with van der Waals surface area (Å²) in [5, 5.41) is 3.01. The molecule has 2 heterocycles. The van der Waals surface area contributed by atoms with Gasteiger partial charge in [0.25, 0.3) is 0 Å². The Labute approximate surface area is 205 Å². The van der Waals surface area contributed by atoms with Gasteiger partial charge in [0.15, 0.2) is 5.13 Å². The first-order valence-corrected chi connectivity index (χ1v) is 14.2. The Morgan fingerprint density at radius 3 is 2.43 bits per heavy atom. The van der Waals surface area contributed by atoms with Crippen molar-refractivity contribution in [3.8, 4) is 0 Å². The molecule has 3 aromatic rings. The van der Waals surface area contributed by atoms with Crippen LogP contribution in [0.25, 0.3) is 10.2 Å². The van der Waals surface area contributed by atoms with Crippen molar-refractivity contribution in [1.82, 2.24) is 13.6 Å². The second-order valence-electron chi connectivity index (χ2n) is 8.18. The fourth-order valence-corrected chi connectivity index (χ4v) is 7.17. The van der Waals surface area contributed by atoms with Gasteiger partial charge in [-0.2, -0.15) is 4.31 Å². The second-order valence-corrected chi connectivity index (χ2v) is 13.3. The predicted octanol–water partition coefficient (Wildman–Crippen LogP) is 2.86. The minimum absolute atomic E-state index is 0.0258. The van der Waals surface area contributed by atoms with Crippen LogP contribution in [0.1, 0.15) is 12.8 Å². The molecule has 1 fully saturated rings. The normalized spacial score (nSPS) is 16.1. The number of hydrogen-bond donors (Lipinski definition) is 1. The Morgan fingerprint density at radius 2 is 1.77 bits per heavy atom. The Balaban J connectivity index is 1.43. The van der Waals surface area contributed by atoms with Crippen LogP contribution in [-0.4, -0.2) is 63.5 Å². The van der Waals surface area contributed by atoms with Gasteiger partial charge in [-0.1, -0.05) is 11.3 Å². The van der Waals surface area contributed by atoms with Gasteiger partial charge < -0.3 is 5.32 Å². The van der Waals surface area contributed by atoms with Crippen molar-refractivity contribution in [3.05, 3.63) is 48.0 Å². The smallest absolute Gasteiger partial charge is 0.246 e.